The molecule has 0 bridgehead atoms. The van der Waals surface area contributed by atoms with Crippen LogP contribution in [0, 0.1) is 10.1 Å². The molecule has 0 spiro atoms. The number of nitro benzene ring substituents is 1. The highest BCUT2D eigenvalue weighted by Gasteiger charge is 2.31. The van der Waals surface area contributed by atoms with Crippen LogP contribution in [0.2, 0.25) is 0 Å². The van der Waals surface area contributed by atoms with Gasteiger partial charge in [0, 0.05) is 6.07 Å². The van der Waals surface area contributed by atoms with Crippen LogP contribution in [0.4, 0.5) is 5.69 Å². The van der Waals surface area contributed by atoms with E-state index in [4.69, 9.17) is 0 Å². The maximum atomic E-state index is 12.0. The van der Waals surface area contributed by atoms with E-state index >= 15 is 0 Å². The zero-order valence-electron chi connectivity index (χ0n) is 10.5. The predicted molar refractivity (Wildman–Crippen MR) is 67.8 cm³/mol. The van der Waals surface area contributed by atoms with Crippen molar-refractivity contribution in [2.24, 2.45) is 0 Å². The van der Waals surface area contributed by atoms with E-state index in [1.807, 2.05) is 0 Å². The summed E-state index contributed by atoms with van der Waals surface area (Å²) in [7, 11) is 0. The van der Waals surface area contributed by atoms with Gasteiger partial charge in [-0.05, 0) is 12.5 Å². The molecule has 3 N–H and O–H groups in total. The van der Waals surface area contributed by atoms with E-state index in [1.165, 1.54) is 24.3 Å². The van der Waals surface area contributed by atoms with Gasteiger partial charge in [0.15, 0.2) is 0 Å². The van der Waals surface area contributed by atoms with Crippen molar-refractivity contribution in [1.82, 2.24) is 5.32 Å². The van der Waals surface area contributed by atoms with Crippen LogP contribution in [-0.4, -0.2) is 39.8 Å². The van der Waals surface area contributed by atoms with E-state index in [9.17, 15) is 25.1 Å². The average molecular weight is 268 g/mol. The number of nitro groups is 1. The van der Waals surface area contributed by atoms with Crippen LogP contribution in [0.1, 0.15) is 23.7 Å². The van der Waals surface area contributed by atoms with Gasteiger partial charge in [0.2, 0.25) is 0 Å². The summed E-state index contributed by atoms with van der Waals surface area (Å²) in [5.41, 5.74) is -1.60. The van der Waals surface area contributed by atoms with E-state index in [0.717, 1.165) is 0 Å². The molecule has 7 heteroatoms. The molecule has 0 aliphatic heterocycles. The Labute approximate surface area is 110 Å². The summed E-state index contributed by atoms with van der Waals surface area (Å²) in [5.74, 6) is -0.697. The van der Waals surface area contributed by atoms with Crippen molar-refractivity contribution in [1.29, 1.82) is 0 Å². The maximum Gasteiger partial charge on any atom is 0.282 e. The smallest absolute Gasteiger partial charge is 0.282 e. The molecule has 19 heavy (non-hydrogen) atoms. The van der Waals surface area contributed by atoms with Crippen LogP contribution in [0.25, 0.3) is 0 Å². The molecule has 104 valence electrons. The minimum absolute atomic E-state index is 0.104. The van der Waals surface area contributed by atoms with Crippen LogP contribution >= 0.6 is 0 Å². The van der Waals surface area contributed by atoms with Gasteiger partial charge in [0.05, 0.1) is 23.7 Å². The Morgan fingerprint density at radius 2 is 1.95 bits per heavy atom. The maximum absolute atomic E-state index is 12.0. The highest BCUT2D eigenvalue weighted by Crippen LogP contribution is 2.19. The second-order valence-electron chi connectivity index (χ2n) is 4.18. The van der Waals surface area contributed by atoms with E-state index in [2.05, 4.69) is 5.32 Å². The minimum atomic E-state index is -1.18. The number of carbonyl (C=O) groups is 1. The first-order chi connectivity index (χ1) is 8.99. The Morgan fingerprint density at radius 1 is 1.37 bits per heavy atom. The molecule has 0 saturated carbocycles. The Balaban J connectivity index is 3.05. The van der Waals surface area contributed by atoms with Crippen LogP contribution in [0.5, 0.6) is 0 Å². The number of rotatable bonds is 6. The first-order valence-corrected chi connectivity index (χ1v) is 5.77. The minimum Gasteiger partial charge on any atom is -0.394 e. The Hall–Kier alpha value is -1.99. The zero-order valence-corrected chi connectivity index (χ0v) is 10.5. The fraction of sp³-hybridized carbons (Fsp3) is 0.417. The summed E-state index contributed by atoms with van der Waals surface area (Å²) < 4.78 is 0. The average Bonchev–Trinajstić information content (AvgIpc) is 2.44. The molecule has 1 amide bonds. The van der Waals surface area contributed by atoms with Crippen LogP contribution in [-0.2, 0) is 0 Å². The molecule has 1 aromatic carbocycles. The van der Waals surface area contributed by atoms with Crippen LogP contribution < -0.4 is 5.32 Å². The molecule has 1 rings (SSSR count). The van der Waals surface area contributed by atoms with Crippen LogP contribution in [0.3, 0.4) is 0 Å². The number of carbonyl (C=O) groups excluding carboxylic acids is 1. The third kappa shape index (κ3) is 3.27. The topological polar surface area (TPSA) is 113 Å². The highest BCUT2D eigenvalue weighted by molar-refractivity contribution is 5.98. The van der Waals surface area contributed by atoms with Crippen molar-refractivity contribution in [2.45, 2.75) is 18.9 Å². The molecule has 1 aromatic rings. The fourth-order valence-electron chi connectivity index (χ4n) is 1.57. The largest absolute Gasteiger partial charge is 0.394 e. The summed E-state index contributed by atoms with van der Waals surface area (Å²) in [5, 5.41) is 31.8. The van der Waals surface area contributed by atoms with Gasteiger partial charge in [-0.2, -0.15) is 0 Å². The lowest BCUT2D eigenvalue weighted by Gasteiger charge is -2.29. The van der Waals surface area contributed by atoms with Crippen molar-refractivity contribution in [3.05, 3.63) is 39.9 Å². The van der Waals surface area contributed by atoms with Gasteiger partial charge in [0.25, 0.3) is 11.6 Å². The first-order valence-electron chi connectivity index (χ1n) is 5.77. The van der Waals surface area contributed by atoms with Gasteiger partial charge >= 0.3 is 0 Å². The lowest BCUT2D eigenvalue weighted by Crippen LogP contribution is -2.53. The summed E-state index contributed by atoms with van der Waals surface area (Å²) in [6, 6.07) is 5.51. The number of nitrogens with one attached hydrogen (secondary N) is 1. The van der Waals surface area contributed by atoms with Gasteiger partial charge in [-0.1, -0.05) is 19.1 Å². The summed E-state index contributed by atoms with van der Waals surface area (Å²) in [4.78, 5) is 22.2. The van der Waals surface area contributed by atoms with Crippen molar-refractivity contribution >= 4 is 11.6 Å². The summed E-state index contributed by atoms with van der Waals surface area (Å²) in [6.07, 6.45) is 0.298. The van der Waals surface area contributed by atoms with Gasteiger partial charge in [0.1, 0.15) is 5.56 Å². The summed E-state index contributed by atoms with van der Waals surface area (Å²) >= 11 is 0. The van der Waals surface area contributed by atoms with E-state index in [1.54, 1.807) is 6.92 Å². The Morgan fingerprint density at radius 3 is 2.42 bits per heavy atom. The molecule has 0 radical (unpaired) electrons. The normalized spacial score (nSPS) is 11.1. The number of hydrogen-bond acceptors (Lipinski definition) is 5. The van der Waals surface area contributed by atoms with E-state index < -0.39 is 29.6 Å². The number of nitrogens with zero attached hydrogens (tertiary/aromatic N) is 1. The molecule has 7 nitrogen and oxygen atoms in total. The molecular weight excluding hydrogens is 252 g/mol. The quantitative estimate of drug-likeness (QED) is 0.512. The molecule has 0 heterocycles. The standard InChI is InChI=1S/C12H16N2O5/c1-2-12(7-15,8-16)13-11(17)9-5-3-4-6-10(9)14(18)19/h3-6,15-16H,2,7-8H2,1H3,(H,13,17). The van der Waals surface area contributed by atoms with Gasteiger partial charge in [-0.3, -0.25) is 14.9 Å². The molecule has 0 aliphatic carbocycles. The monoisotopic (exact) mass is 268 g/mol. The number of aliphatic hydroxyl groups excluding tert-OH is 2. The van der Waals surface area contributed by atoms with Crippen molar-refractivity contribution < 1.29 is 19.9 Å². The number of aliphatic hydroxyl groups is 2. The van der Waals surface area contributed by atoms with Crippen molar-refractivity contribution in [3.8, 4) is 0 Å². The van der Waals surface area contributed by atoms with Crippen molar-refractivity contribution in [2.75, 3.05) is 13.2 Å². The lowest BCUT2D eigenvalue weighted by atomic mass is 9.97. The number of benzene rings is 1. The SMILES string of the molecule is CCC(CO)(CO)NC(=O)c1ccccc1[N+](=O)[O-]. The third-order valence-electron chi connectivity index (χ3n) is 3.01. The molecule has 0 aliphatic rings. The molecule has 0 unspecified atom stereocenters. The Bertz CT molecular complexity index is 463. The zero-order chi connectivity index (χ0) is 14.5. The number of hydrogen-bond donors (Lipinski definition) is 3. The van der Waals surface area contributed by atoms with Gasteiger partial charge in [-0.15, -0.1) is 0 Å². The van der Waals surface area contributed by atoms with Gasteiger partial charge in [-0.25, -0.2) is 0 Å². The van der Waals surface area contributed by atoms with Gasteiger partial charge < -0.3 is 15.5 Å². The number of para-hydroxylation sites is 1. The predicted octanol–water partition coefficient (Wildman–Crippen LogP) is 0.458. The highest BCUT2D eigenvalue weighted by atomic mass is 16.6. The fourth-order valence-corrected chi connectivity index (χ4v) is 1.57. The lowest BCUT2D eigenvalue weighted by molar-refractivity contribution is -0.385. The molecule has 0 fully saturated rings. The molecule has 0 atom stereocenters. The third-order valence-corrected chi connectivity index (χ3v) is 3.01. The molecular formula is C12H16N2O5. The van der Waals surface area contributed by atoms with Crippen molar-refractivity contribution in [3.63, 3.8) is 0 Å². The molecule has 0 aromatic heterocycles. The Kier molecular flexibility index (Phi) is 4.96. The second-order valence-corrected chi connectivity index (χ2v) is 4.18. The first kappa shape index (κ1) is 15.1. The van der Waals surface area contributed by atoms with E-state index in [-0.39, 0.29) is 11.3 Å². The van der Waals surface area contributed by atoms with Crippen LogP contribution in [0.15, 0.2) is 24.3 Å². The molecule has 0 saturated heterocycles. The number of amides is 1. The second kappa shape index (κ2) is 6.26. The van der Waals surface area contributed by atoms with E-state index in [0.29, 0.717) is 6.42 Å². The summed E-state index contributed by atoms with van der Waals surface area (Å²) in [6.45, 7) is 0.783.